The highest BCUT2D eigenvalue weighted by Gasteiger charge is 2.30. The molecule has 4 rings (SSSR count). The number of hydrogen-bond acceptors (Lipinski definition) is 4. The molecular formula is C24H37N5O2. The van der Waals surface area contributed by atoms with Crippen LogP contribution in [0.15, 0.2) is 29.3 Å². The van der Waals surface area contributed by atoms with Gasteiger partial charge in [-0.15, -0.1) is 0 Å². The summed E-state index contributed by atoms with van der Waals surface area (Å²) in [7, 11) is 0. The second kappa shape index (κ2) is 11.0. The average Bonchev–Trinajstić information content (AvgIpc) is 3.52. The van der Waals surface area contributed by atoms with Crippen LogP contribution in [0.25, 0.3) is 0 Å². The molecule has 0 spiro atoms. The van der Waals surface area contributed by atoms with E-state index in [1.165, 1.54) is 37.1 Å². The third kappa shape index (κ3) is 5.98. The summed E-state index contributed by atoms with van der Waals surface area (Å²) in [6, 6.07) is 8.89. The molecule has 7 nitrogen and oxygen atoms in total. The van der Waals surface area contributed by atoms with Crippen molar-refractivity contribution in [3.8, 4) is 0 Å². The molecule has 3 saturated heterocycles. The van der Waals surface area contributed by atoms with Crippen LogP contribution in [0.5, 0.6) is 0 Å². The molecular weight excluding hydrogens is 390 g/mol. The van der Waals surface area contributed by atoms with Gasteiger partial charge in [-0.1, -0.05) is 24.3 Å². The summed E-state index contributed by atoms with van der Waals surface area (Å²) in [6.45, 7) is 10.9. The zero-order valence-electron chi connectivity index (χ0n) is 18.9. The van der Waals surface area contributed by atoms with Crippen LogP contribution in [0.3, 0.4) is 0 Å². The Morgan fingerprint density at radius 2 is 1.68 bits per heavy atom. The Kier molecular flexibility index (Phi) is 7.81. The number of guanidine groups is 1. The standard InChI is InChI=1S/C24H37N5O2/c1-2-25-24(29-15-13-28(14-16-29)23(30)22-6-5-17-31-22)26-18-20-7-9-21(10-8-20)19-27-11-3-4-12-27/h7-10,22H,2-6,11-19H2,1H3,(H,25,26). The van der Waals surface area contributed by atoms with Gasteiger partial charge in [0.05, 0.1) is 6.54 Å². The lowest BCUT2D eigenvalue weighted by molar-refractivity contribution is -0.142. The van der Waals surface area contributed by atoms with Crippen molar-refractivity contribution in [3.63, 3.8) is 0 Å². The van der Waals surface area contributed by atoms with Gasteiger partial charge in [0.1, 0.15) is 6.10 Å². The molecule has 1 unspecified atom stereocenters. The van der Waals surface area contributed by atoms with Crippen molar-refractivity contribution >= 4 is 11.9 Å². The summed E-state index contributed by atoms with van der Waals surface area (Å²) < 4.78 is 5.57. The highest BCUT2D eigenvalue weighted by atomic mass is 16.5. The maximum absolute atomic E-state index is 12.6. The minimum atomic E-state index is -0.220. The van der Waals surface area contributed by atoms with Crippen LogP contribution < -0.4 is 5.32 Å². The molecule has 1 aromatic carbocycles. The molecule has 0 saturated carbocycles. The number of nitrogens with one attached hydrogen (secondary N) is 1. The van der Waals surface area contributed by atoms with E-state index < -0.39 is 0 Å². The molecule has 0 aromatic heterocycles. The lowest BCUT2D eigenvalue weighted by Gasteiger charge is -2.37. The van der Waals surface area contributed by atoms with Crippen molar-refractivity contribution in [2.24, 2.45) is 4.99 Å². The number of benzene rings is 1. The largest absolute Gasteiger partial charge is 0.368 e. The van der Waals surface area contributed by atoms with Gasteiger partial charge in [0.25, 0.3) is 5.91 Å². The predicted molar refractivity (Wildman–Crippen MR) is 123 cm³/mol. The number of aliphatic imine (C=N–C) groups is 1. The van der Waals surface area contributed by atoms with Gasteiger partial charge >= 0.3 is 0 Å². The van der Waals surface area contributed by atoms with Gasteiger partial charge in [-0.2, -0.15) is 0 Å². The lowest BCUT2D eigenvalue weighted by atomic mass is 10.1. The first-order valence-corrected chi connectivity index (χ1v) is 12.0. The number of rotatable bonds is 6. The van der Waals surface area contributed by atoms with Crippen LogP contribution in [0.4, 0.5) is 0 Å². The molecule has 31 heavy (non-hydrogen) atoms. The topological polar surface area (TPSA) is 60.4 Å². The molecule has 1 amide bonds. The van der Waals surface area contributed by atoms with Gasteiger partial charge in [-0.25, -0.2) is 4.99 Å². The second-order valence-corrected chi connectivity index (χ2v) is 8.78. The van der Waals surface area contributed by atoms with Crippen molar-refractivity contribution in [2.45, 2.75) is 51.8 Å². The summed E-state index contributed by atoms with van der Waals surface area (Å²) in [4.78, 5) is 24.2. The van der Waals surface area contributed by atoms with E-state index >= 15 is 0 Å². The SMILES string of the molecule is CCNC(=NCc1ccc(CN2CCCC2)cc1)N1CCN(C(=O)C2CCCO2)CC1. The molecule has 3 aliphatic rings. The van der Waals surface area contributed by atoms with Crippen molar-refractivity contribution < 1.29 is 9.53 Å². The Hall–Kier alpha value is -2.12. The van der Waals surface area contributed by atoms with Crippen molar-refractivity contribution in [3.05, 3.63) is 35.4 Å². The molecule has 0 radical (unpaired) electrons. The number of piperazine rings is 1. The Morgan fingerprint density at radius 1 is 1.00 bits per heavy atom. The number of likely N-dealkylation sites (tertiary alicyclic amines) is 1. The fourth-order valence-corrected chi connectivity index (χ4v) is 4.66. The summed E-state index contributed by atoms with van der Waals surface area (Å²) in [5.74, 6) is 1.10. The fraction of sp³-hybridized carbons (Fsp3) is 0.667. The number of ether oxygens (including phenoxy) is 1. The number of nitrogens with zero attached hydrogens (tertiary/aromatic N) is 4. The minimum absolute atomic E-state index is 0.160. The maximum Gasteiger partial charge on any atom is 0.251 e. The van der Waals surface area contributed by atoms with Gasteiger partial charge in [0.15, 0.2) is 5.96 Å². The normalized spacial score (nSPS) is 22.9. The summed E-state index contributed by atoms with van der Waals surface area (Å²) in [5, 5.41) is 3.42. The first-order valence-electron chi connectivity index (χ1n) is 12.0. The van der Waals surface area contributed by atoms with Gasteiger partial charge < -0.3 is 19.9 Å². The molecule has 1 N–H and O–H groups in total. The van der Waals surface area contributed by atoms with Crippen LogP contribution in [0, 0.1) is 0 Å². The van der Waals surface area contributed by atoms with Crippen LogP contribution in [-0.4, -0.2) is 85.1 Å². The number of amides is 1. The Bertz CT molecular complexity index is 731. The zero-order valence-corrected chi connectivity index (χ0v) is 18.9. The van der Waals surface area contributed by atoms with E-state index in [-0.39, 0.29) is 12.0 Å². The molecule has 1 atom stereocenters. The van der Waals surface area contributed by atoms with Crippen molar-refractivity contribution in [2.75, 3.05) is 52.4 Å². The average molecular weight is 428 g/mol. The van der Waals surface area contributed by atoms with E-state index in [2.05, 4.69) is 46.3 Å². The van der Waals surface area contributed by atoms with Crippen LogP contribution in [-0.2, 0) is 22.6 Å². The zero-order chi connectivity index (χ0) is 21.5. The smallest absolute Gasteiger partial charge is 0.251 e. The lowest BCUT2D eigenvalue weighted by Crippen LogP contribution is -2.55. The molecule has 170 valence electrons. The summed E-state index contributed by atoms with van der Waals surface area (Å²) >= 11 is 0. The molecule has 0 bridgehead atoms. The van der Waals surface area contributed by atoms with Crippen LogP contribution in [0.2, 0.25) is 0 Å². The van der Waals surface area contributed by atoms with Crippen molar-refractivity contribution in [1.29, 1.82) is 0 Å². The van der Waals surface area contributed by atoms with Gasteiger partial charge in [-0.3, -0.25) is 9.69 Å². The maximum atomic E-state index is 12.6. The number of hydrogen-bond donors (Lipinski definition) is 1. The molecule has 1 aromatic rings. The molecule has 3 fully saturated rings. The monoisotopic (exact) mass is 427 g/mol. The quantitative estimate of drug-likeness (QED) is 0.556. The van der Waals surface area contributed by atoms with Gasteiger partial charge in [0.2, 0.25) is 0 Å². The molecule has 0 aliphatic carbocycles. The van der Waals surface area contributed by atoms with E-state index in [1.54, 1.807) is 0 Å². The molecule has 7 heteroatoms. The van der Waals surface area contributed by atoms with E-state index in [0.717, 1.165) is 58.1 Å². The Morgan fingerprint density at radius 3 is 2.32 bits per heavy atom. The van der Waals surface area contributed by atoms with E-state index in [4.69, 9.17) is 9.73 Å². The number of carbonyl (C=O) groups is 1. The van der Waals surface area contributed by atoms with E-state index in [9.17, 15) is 4.79 Å². The fourth-order valence-electron chi connectivity index (χ4n) is 4.66. The predicted octanol–water partition coefficient (Wildman–Crippen LogP) is 2.07. The highest BCUT2D eigenvalue weighted by Crippen LogP contribution is 2.17. The summed E-state index contributed by atoms with van der Waals surface area (Å²) in [6.07, 6.45) is 4.29. The molecule has 3 heterocycles. The Labute approximate surface area is 186 Å². The summed E-state index contributed by atoms with van der Waals surface area (Å²) in [5.41, 5.74) is 2.61. The van der Waals surface area contributed by atoms with Crippen molar-refractivity contribution in [1.82, 2.24) is 20.0 Å². The molecule has 3 aliphatic heterocycles. The first-order chi connectivity index (χ1) is 15.2. The van der Waals surface area contributed by atoms with Gasteiger partial charge in [-0.05, 0) is 56.8 Å². The minimum Gasteiger partial charge on any atom is -0.368 e. The van der Waals surface area contributed by atoms with E-state index in [0.29, 0.717) is 13.2 Å². The first kappa shape index (κ1) is 22.1. The van der Waals surface area contributed by atoms with E-state index in [1.807, 2.05) is 4.90 Å². The third-order valence-corrected chi connectivity index (χ3v) is 6.47. The van der Waals surface area contributed by atoms with Crippen LogP contribution in [0.1, 0.15) is 43.7 Å². The third-order valence-electron chi connectivity index (χ3n) is 6.47. The Balaban J connectivity index is 1.29. The number of carbonyl (C=O) groups excluding carboxylic acids is 1. The van der Waals surface area contributed by atoms with Gasteiger partial charge in [0, 0.05) is 45.9 Å². The second-order valence-electron chi connectivity index (χ2n) is 8.78. The highest BCUT2D eigenvalue weighted by molar-refractivity contribution is 5.82. The van der Waals surface area contributed by atoms with Crippen LogP contribution >= 0.6 is 0 Å².